The quantitative estimate of drug-likeness (QED) is 0.677. The van der Waals surface area contributed by atoms with E-state index >= 15 is 0 Å². The zero-order valence-corrected chi connectivity index (χ0v) is 11.4. The lowest BCUT2D eigenvalue weighted by Crippen LogP contribution is -2.28. The Morgan fingerprint density at radius 1 is 1.39 bits per heavy atom. The van der Waals surface area contributed by atoms with Crippen LogP contribution in [0.1, 0.15) is 25.8 Å². The minimum absolute atomic E-state index is 0.0717. The molecule has 0 saturated heterocycles. The van der Waals surface area contributed by atoms with Crippen molar-refractivity contribution in [3.05, 3.63) is 23.8 Å². The normalized spacial score (nSPS) is 10.4. The number of carbonyl (C=O) groups is 1. The Bertz CT molecular complexity index is 402. The molecule has 0 aliphatic heterocycles. The summed E-state index contributed by atoms with van der Waals surface area (Å²) in [4.78, 5) is 11.5. The molecule has 0 radical (unpaired) electrons. The maximum Gasteiger partial charge on any atom is 0.221 e. The summed E-state index contributed by atoms with van der Waals surface area (Å²) >= 11 is 0. The van der Waals surface area contributed by atoms with Crippen LogP contribution >= 0.6 is 0 Å². The summed E-state index contributed by atoms with van der Waals surface area (Å²) in [6.45, 7) is 7.44. The van der Waals surface area contributed by atoms with E-state index < -0.39 is 0 Å². The van der Waals surface area contributed by atoms with Gasteiger partial charge in [0.15, 0.2) is 0 Å². The maximum absolute atomic E-state index is 11.5. The predicted molar refractivity (Wildman–Crippen MR) is 76.5 cm³/mol. The van der Waals surface area contributed by atoms with E-state index in [2.05, 4.69) is 24.5 Å². The first-order valence-corrected chi connectivity index (χ1v) is 6.36. The van der Waals surface area contributed by atoms with Crippen molar-refractivity contribution in [1.29, 1.82) is 0 Å². The number of hydrogen-bond donors (Lipinski definition) is 3. The highest BCUT2D eigenvalue weighted by atomic mass is 16.1. The number of para-hydroxylation sites is 1. The number of nitrogen functional groups attached to an aromatic ring is 1. The van der Waals surface area contributed by atoms with Gasteiger partial charge in [0.05, 0.1) is 11.4 Å². The lowest BCUT2D eigenvalue weighted by molar-refractivity contribution is -0.120. The lowest BCUT2D eigenvalue weighted by atomic mass is 10.1. The highest BCUT2D eigenvalue weighted by Crippen LogP contribution is 2.21. The molecule has 0 fully saturated rings. The van der Waals surface area contributed by atoms with Gasteiger partial charge in [-0.15, -0.1) is 0 Å². The molecule has 1 aromatic rings. The molecule has 0 saturated carbocycles. The number of anilines is 2. The smallest absolute Gasteiger partial charge is 0.221 e. The largest absolute Gasteiger partial charge is 0.397 e. The molecular formula is C14H23N3O. The summed E-state index contributed by atoms with van der Waals surface area (Å²) in [5.74, 6) is 0.553. The number of nitrogens with one attached hydrogen (secondary N) is 2. The first-order valence-electron chi connectivity index (χ1n) is 6.36. The van der Waals surface area contributed by atoms with Crippen LogP contribution in [0, 0.1) is 12.8 Å². The third-order valence-corrected chi connectivity index (χ3v) is 2.70. The number of hydrogen-bond acceptors (Lipinski definition) is 3. The van der Waals surface area contributed by atoms with Gasteiger partial charge < -0.3 is 16.4 Å². The zero-order valence-electron chi connectivity index (χ0n) is 11.4. The van der Waals surface area contributed by atoms with Crippen molar-refractivity contribution >= 4 is 17.3 Å². The van der Waals surface area contributed by atoms with Crippen molar-refractivity contribution in [2.24, 2.45) is 5.92 Å². The van der Waals surface area contributed by atoms with Crippen LogP contribution in [-0.2, 0) is 4.79 Å². The molecule has 0 spiro atoms. The van der Waals surface area contributed by atoms with Crippen molar-refractivity contribution in [3.8, 4) is 0 Å². The number of nitrogens with two attached hydrogens (primary N) is 1. The van der Waals surface area contributed by atoms with Crippen LogP contribution in [0.5, 0.6) is 0 Å². The van der Waals surface area contributed by atoms with Crippen LogP contribution in [-0.4, -0.2) is 19.0 Å². The maximum atomic E-state index is 11.5. The third kappa shape index (κ3) is 4.65. The van der Waals surface area contributed by atoms with Gasteiger partial charge >= 0.3 is 0 Å². The van der Waals surface area contributed by atoms with E-state index in [4.69, 9.17) is 5.73 Å². The second-order valence-corrected chi connectivity index (χ2v) is 4.91. The molecule has 0 heterocycles. The van der Waals surface area contributed by atoms with Crippen molar-refractivity contribution in [3.63, 3.8) is 0 Å². The SMILES string of the molecule is Cc1cccc(NCCC(=O)NCC(C)C)c1N. The number of carbonyl (C=O) groups excluding carboxylic acids is 1. The molecule has 0 atom stereocenters. The summed E-state index contributed by atoms with van der Waals surface area (Å²) < 4.78 is 0. The molecule has 1 aromatic carbocycles. The molecule has 0 aliphatic carbocycles. The Morgan fingerprint density at radius 3 is 2.78 bits per heavy atom. The van der Waals surface area contributed by atoms with E-state index in [-0.39, 0.29) is 5.91 Å². The van der Waals surface area contributed by atoms with Gasteiger partial charge in [-0.05, 0) is 24.5 Å². The number of amides is 1. The summed E-state index contributed by atoms with van der Waals surface area (Å²) in [5, 5.41) is 6.07. The highest BCUT2D eigenvalue weighted by Gasteiger charge is 2.04. The number of aryl methyl sites for hydroxylation is 1. The molecular weight excluding hydrogens is 226 g/mol. The first kappa shape index (κ1) is 14.4. The molecule has 1 amide bonds. The Kier molecular flexibility index (Phi) is 5.49. The Labute approximate surface area is 109 Å². The van der Waals surface area contributed by atoms with Crippen molar-refractivity contribution < 1.29 is 4.79 Å². The predicted octanol–water partition coefficient (Wildman–Crippen LogP) is 2.15. The molecule has 4 nitrogen and oxygen atoms in total. The zero-order chi connectivity index (χ0) is 13.5. The molecule has 1 rings (SSSR count). The fourth-order valence-corrected chi connectivity index (χ4v) is 1.55. The molecule has 100 valence electrons. The molecule has 0 unspecified atom stereocenters. The van der Waals surface area contributed by atoms with Gasteiger partial charge in [0.1, 0.15) is 0 Å². The standard InChI is InChI=1S/C14H23N3O/c1-10(2)9-17-13(18)7-8-16-12-6-4-5-11(3)14(12)15/h4-6,10,16H,7-9,15H2,1-3H3,(H,17,18). The van der Waals surface area contributed by atoms with Crippen LogP contribution in [0.25, 0.3) is 0 Å². The van der Waals surface area contributed by atoms with Gasteiger partial charge in [-0.25, -0.2) is 0 Å². The van der Waals surface area contributed by atoms with E-state index in [1.165, 1.54) is 0 Å². The topological polar surface area (TPSA) is 67.2 Å². The number of rotatable bonds is 6. The van der Waals surface area contributed by atoms with Gasteiger partial charge in [-0.1, -0.05) is 26.0 Å². The van der Waals surface area contributed by atoms with E-state index in [1.807, 2.05) is 25.1 Å². The van der Waals surface area contributed by atoms with E-state index in [0.717, 1.165) is 23.5 Å². The van der Waals surface area contributed by atoms with Crippen molar-refractivity contribution in [2.75, 3.05) is 24.1 Å². The third-order valence-electron chi connectivity index (χ3n) is 2.70. The Hall–Kier alpha value is -1.71. The summed E-state index contributed by atoms with van der Waals surface area (Å²) in [6, 6.07) is 5.84. The summed E-state index contributed by atoms with van der Waals surface area (Å²) in [7, 11) is 0. The molecule has 0 aromatic heterocycles. The van der Waals surface area contributed by atoms with Crippen LogP contribution < -0.4 is 16.4 Å². The van der Waals surface area contributed by atoms with Gasteiger partial charge in [0, 0.05) is 19.5 Å². The fourth-order valence-electron chi connectivity index (χ4n) is 1.55. The molecule has 4 N–H and O–H groups in total. The first-order chi connectivity index (χ1) is 8.50. The van der Waals surface area contributed by atoms with Crippen LogP contribution in [0.3, 0.4) is 0 Å². The lowest BCUT2D eigenvalue weighted by Gasteiger charge is -2.11. The van der Waals surface area contributed by atoms with Gasteiger partial charge in [0.2, 0.25) is 5.91 Å². The van der Waals surface area contributed by atoms with Crippen LogP contribution in [0.15, 0.2) is 18.2 Å². The van der Waals surface area contributed by atoms with Gasteiger partial charge in [0.25, 0.3) is 0 Å². The minimum Gasteiger partial charge on any atom is -0.397 e. The van der Waals surface area contributed by atoms with Gasteiger partial charge in [-0.3, -0.25) is 4.79 Å². The molecule has 18 heavy (non-hydrogen) atoms. The van der Waals surface area contributed by atoms with E-state index in [1.54, 1.807) is 0 Å². The number of benzene rings is 1. The summed E-state index contributed by atoms with van der Waals surface area (Å²) in [5.41, 5.74) is 8.63. The highest BCUT2D eigenvalue weighted by molar-refractivity contribution is 5.77. The van der Waals surface area contributed by atoms with E-state index in [9.17, 15) is 4.79 Å². The van der Waals surface area contributed by atoms with E-state index in [0.29, 0.717) is 18.9 Å². The molecule has 0 bridgehead atoms. The average molecular weight is 249 g/mol. The minimum atomic E-state index is 0.0717. The molecule has 4 heteroatoms. The fraction of sp³-hybridized carbons (Fsp3) is 0.500. The molecule has 0 aliphatic rings. The van der Waals surface area contributed by atoms with Crippen molar-refractivity contribution in [2.45, 2.75) is 27.2 Å². The second-order valence-electron chi connectivity index (χ2n) is 4.91. The van der Waals surface area contributed by atoms with Crippen LogP contribution in [0.2, 0.25) is 0 Å². The Morgan fingerprint density at radius 2 is 2.11 bits per heavy atom. The Balaban J connectivity index is 2.33. The van der Waals surface area contributed by atoms with Gasteiger partial charge in [-0.2, -0.15) is 0 Å². The van der Waals surface area contributed by atoms with Crippen LogP contribution in [0.4, 0.5) is 11.4 Å². The monoisotopic (exact) mass is 249 g/mol. The average Bonchev–Trinajstić information content (AvgIpc) is 2.32. The summed E-state index contributed by atoms with van der Waals surface area (Å²) in [6.07, 6.45) is 0.458. The van der Waals surface area contributed by atoms with Crippen molar-refractivity contribution in [1.82, 2.24) is 5.32 Å². The second kappa shape index (κ2) is 6.89.